The number of rotatable bonds is 0. The van der Waals surface area contributed by atoms with Gasteiger partial charge in [-0.15, -0.1) is 0 Å². The van der Waals surface area contributed by atoms with E-state index in [1.54, 1.807) is 18.3 Å². The first-order chi connectivity index (χ1) is 4.88. The highest BCUT2D eigenvalue weighted by Crippen LogP contribution is 2.01. The number of hydrogen-bond acceptors (Lipinski definition) is 3. The smallest absolute Gasteiger partial charge is 0.209 e. The summed E-state index contributed by atoms with van der Waals surface area (Å²) in [4.78, 5) is 3.76. The Labute approximate surface area is 56.5 Å². The van der Waals surface area contributed by atoms with Crippen molar-refractivity contribution in [2.45, 2.75) is 0 Å². The summed E-state index contributed by atoms with van der Waals surface area (Å²) in [6.07, 6.45) is 2.94. The second-order valence-electron chi connectivity index (χ2n) is 1.93. The molecule has 0 spiro atoms. The second-order valence-corrected chi connectivity index (χ2v) is 1.93. The van der Waals surface area contributed by atoms with Crippen molar-refractivity contribution in [2.24, 2.45) is 0 Å². The van der Waals surface area contributed by atoms with Crippen LogP contribution in [0.25, 0.3) is 5.69 Å². The highest BCUT2D eigenvalue weighted by Gasteiger charge is 2.00. The maximum Gasteiger partial charge on any atom is 0.209 e. The lowest BCUT2D eigenvalue weighted by atomic mass is 10.5. The Morgan fingerprint density at radius 1 is 1.50 bits per heavy atom. The summed E-state index contributed by atoms with van der Waals surface area (Å²) >= 11 is 0. The average Bonchev–Trinajstić information content (AvgIpc) is 2.34. The standard InChI is InChI=1S/C6H5N3O/c7-6-2-1-5-3-8-4-10-9(5)6/h1-4,7H. The van der Waals surface area contributed by atoms with Crippen molar-refractivity contribution in [1.29, 1.82) is 5.41 Å². The van der Waals surface area contributed by atoms with Crippen molar-refractivity contribution >= 4 is 0 Å². The minimum atomic E-state index is 0.331. The second kappa shape index (κ2) is 1.70. The lowest BCUT2D eigenvalue weighted by Crippen LogP contribution is -2.10. The fourth-order valence-electron chi connectivity index (χ4n) is 0.833. The molecular weight excluding hydrogens is 130 g/mol. The van der Waals surface area contributed by atoms with E-state index in [1.807, 2.05) is 0 Å². The molecule has 50 valence electrons. The van der Waals surface area contributed by atoms with Crippen LogP contribution in [0.5, 0.6) is 0 Å². The first-order valence-corrected chi connectivity index (χ1v) is 2.83. The Kier molecular flexibility index (Phi) is 0.887. The van der Waals surface area contributed by atoms with Gasteiger partial charge in [0.15, 0.2) is 5.49 Å². The highest BCUT2D eigenvalue weighted by molar-refractivity contribution is 5.26. The zero-order valence-electron chi connectivity index (χ0n) is 5.11. The zero-order chi connectivity index (χ0) is 6.97. The predicted octanol–water partition coefficient (Wildman–Crippen LogP) is 0.383. The lowest BCUT2D eigenvalue weighted by molar-refractivity contribution is 0.302. The van der Waals surface area contributed by atoms with E-state index in [0.717, 1.165) is 5.69 Å². The maximum atomic E-state index is 7.29. The largest absolute Gasteiger partial charge is 0.361 e. The van der Waals surface area contributed by atoms with Crippen LogP contribution in [0.2, 0.25) is 0 Å². The summed E-state index contributed by atoms with van der Waals surface area (Å²) in [5.74, 6) is 0. The van der Waals surface area contributed by atoms with E-state index in [9.17, 15) is 0 Å². The van der Waals surface area contributed by atoms with Gasteiger partial charge in [-0.05, 0) is 12.1 Å². The Bertz CT molecular complexity index is 362. The molecule has 0 saturated heterocycles. The third-order valence-corrected chi connectivity index (χ3v) is 1.29. The van der Waals surface area contributed by atoms with Gasteiger partial charge >= 0.3 is 0 Å². The fraction of sp³-hybridized carbons (Fsp3) is 0. The van der Waals surface area contributed by atoms with Crippen molar-refractivity contribution in [3.05, 3.63) is 30.2 Å². The Morgan fingerprint density at radius 2 is 2.40 bits per heavy atom. The Balaban J connectivity index is 2.91. The number of fused-ring (bicyclic) bond motifs is 1. The molecule has 2 aliphatic heterocycles. The molecule has 0 radical (unpaired) electrons. The SMILES string of the molecule is N=c1ccc2cncon1-2. The van der Waals surface area contributed by atoms with E-state index < -0.39 is 0 Å². The van der Waals surface area contributed by atoms with Crippen molar-refractivity contribution in [2.75, 3.05) is 0 Å². The highest BCUT2D eigenvalue weighted by atomic mass is 16.5. The van der Waals surface area contributed by atoms with Crippen LogP contribution < -0.4 is 5.49 Å². The summed E-state index contributed by atoms with van der Waals surface area (Å²) in [5, 5.41) is 7.29. The van der Waals surface area contributed by atoms with Crippen LogP contribution in [-0.4, -0.2) is 9.72 Å². The van der Waals surface area contributed by atoms with Crippen molar-refractivity contribution in [3.8, 4) is 5.69 Å². The number of nitrogens with zero attached hydrogens (tertiary/aromatic N) is 2. The molecule has 0 bridgehead atoms. The molecule has 0 aromatic rings. The van der Waals surface area contributed by atoms with E-state index in [4.69, 9.17) is 9.93 Å². The Hall–Kier alpha value is -1.58. The molecule has 0 unspecified atom stereocenters. The summed E-state index contributed by atoms with van der Waals surface area (Å²) in [6, 6.07) is 3.43. The number of nitrogens with one attached hydrogen (secondary N) is 1. The lowest BCUT2D eigenvalue weighted by Gasteiger charge is -1.96. The quantitative estimate of drug-likeness (QED) is 0.567. The third-order valence-electron chi connectivity index (χ3n) is 1.29. The first kappa shape index (κ1) is 5.22. The summed E-state index contributed by atoms with van der Waals surface area (Å²) in [7, 11) is 0. The zero-order valence-corrected chi connectivity index (χ0v) is 5.11. The minimum Gasteiger partial charge on any atom is -0.361 e. The van der Waals surface area contributed by atoms with Crippen LogP contribution in [-0.2, 0) is 0 Å². The molecule has 2 rings (SSSR count). The number of hydrogen-bond donors (Lipinski definition) is 1. The maximum absolute atomic E-state index is 7.29. The van der Waals surface area contributed by atoms with Gasteiger partial charge in [-0.25, -0.2) is 4.98 Å². The van der Waals surface area contributed by atoms with Gasteiger partial charge in [0, 0.05) is 0 Å². The molecule has 0 aromatic heterocycles. The van der Waals surface area contributed by atoms with Gasteiger partial charge in [0.1, 0.15) is 5.69 Å². The molecule has 0 atom stereocenters. The predicted molar refractivity (Wildman–Crippen MR) is 32.9 cm³/mol. The molecule has 2 heterocycles. The Morgan fingerprint density at radius 3 is 3.20 bits per heavy atom. The van der Waals surface area contributed by atoms with Crippen LogP contribution >= 0.6 is 0 Å². The number of aromatic nitrogens is 2. The summed E-state index contributed by atoms with van der Waals surface area (Å²) in [5.41, 5.74) is 1.13. The van der Waals surface area contributed by atoms with Gasteiger partial charge in [-0.1, -0.05) is 0 Å². The normalized spacial score (nSPS) is 10.4. The molecule has 0 aromatic carbocycles. The van der Waals surface area contributed by atoms with Crippen LogP contribution in [0, 0.1) is 5.41 Å². The van der Waals surface area contributed by atoms with Crippen LogP contribution in [0.1, 0.15) is 0 Å². The average molecular weight is 135 g/mol. The fourth-order valence-corrected chi connectivity index (χ4v) is 0.833. The van der Waals surface area contributed by atoms with E-state index >= 15 is 0 Å². The first-order valence-electron chi connectivity index (χ1n) is 2.83. The molecule has 10 heavy (non-hydrogen) atoms. The van der Waals surface area contributed by atoms with Gasteiger partial charge in [-0.2, -0.15) is 4.74 Å². The molecule has 0 saturated carbocycles. The van der Waals surface area contributed by atoms with Gasteiger partial charge in [-0.3, -0.25) is 5.41 Å². The van der Waals surface area contributed by atoms with Crippen molar-refractivity contribution in [3.63, 3.8) is 0 Å². The molecular formula is C6H5N3O. The monoisotopic (exact) mass is 135 g/mol. The molecule has 0 fully saturated rings. The molecule has 0 aliphatic carbocycles. The molecule has 4 nitrogen and oxygen atoms in total. The molecule has 1 N–H and O–H groups in total. The molecule has 2 aliphatic rings. The van der Waals surface area contributed by atoms with Crippen LogP contribution in [0.4, 0.5) is 0 Å². The topological polar surface area (TPSA) is 54.8 Å². The van der Waals surface area contributed by atoms with E-state index in [2.05, 4.69) is 4.98 Å². The van der Waals surface area contributed by atoms with Crippen molar-refractivity contribution < 1.29 is 4.52 Å². The summed E-state index contributed by atoms with van der Waals surface area (Å²) in [6.45, 7) is 0. The van der Waals surface area contributed by atoms with Gasteiger partial charge in [0.2, 0.25) is 6.39 Å². The van der Waals surface area contributed by atoms with Gasteiger partial charge in [0.05, 0.1) is 6.20 Å². The third kappa shape index (κ3) is 0.556. The molecule has 0 amide bonds. The van der Waals surface area contributed by atoms with Crippen LogP contribution in [0.15, 0.2) is 29.2 Å². The van der Waals surface area contributed by atoms with Gasteiger partial charge in [0.25, 0.3) is 0 Å². The van der Waals surface area contributed by atoms with E-state index in [0.29, 0.717) is 5.49 Å². The van der Waals surface area contributed by atoms with Gasteiger partial charge < -0.3 is 4.52 Å². The van der Waals surface area contributed by atoms with Crippen LogP contribution in [0.3, 0.4) is 0 Å². The molecule has 4 heteroatoms. The van der Waals surface area contributed by atoms with Crippen molar-refractivity contribution in [1.82, 2.24) is 9.72 Å². The van der Waals surface area contributed by atoms with E-state index in [-0.39, 0.29) is 0 Å². The minimum absolute atomic E-state index is 0.331. The van der Waals surface area contributed by atoms with E-state index in [1.165, 1.54) is 11.1 Å². The summed E-state index contributed by atoms with van der Waals surface area (Å²) < 4.78 is 6.30.